The molecular formula is C36H96Cu5N14O10+3. The van der Waals surface area contributed by atoms with E-state index in [1.807, 2.05) is 0 Å². The van der Waals surface area contributed by atoms with Crippen LogP contribution in [0.3, 0.4) is 0 Å². The first kappa shape index (κ1) is 107. The fourth-order valence-corrected chi connectivity index (χ4v) is 2.89. The summed E-state index contributed by atoms with van der Waals surface area (Å²) in [6.45, 7) is 43.1. The van der Waals surface area contributed by atoms with Gasteiger partial charge >= 0.3 is 85.3 Å². The van der Waals surface area contributed by atoms with Crippen molar-refractivity contribution in [3.05, 3.63) is 31.9 Å². The summed E-state index contributed by atoms with van der Waals surface area (Å²) in [5.41, 5.74) is 27.0. The number of aliphatic hydroxyl groups is 8. The smallest absolute Gasteiger partial charge is 0.412 e. The van der Waals surface area contributed by atoms with Crippen LogP contribution in [-0.2, 0) is 85.3 Å². The molecule has 65 heavy (non-hydrogen) atoms. The molecule has 0 bridgehead atoms. The first-order valence-corrected chi connectivity index (χ1v) is 19.9. The van der Waals surface area contributed by atoms with E-state index in [1.54, 1.807) is 0 Å². The molecule has 0 aliphatic carbocycles. The standard InChI is InChI=1S/4C8H20N2.2C2H6O4.5Cu.2N3.2H2O/c4*1-7(2)9-5-6-10-8(3)4;2*3-1(4)2(5)6;;;;;;2*1-3-2;;/h4*7-10H,5-6H2,1-4H3;2*1-6H;;;;;;;;2*1H2/q;;;;;;5*+1;2*-1;;. The van der Waals surface area contributed by atoms with Crippen LogP contribution < -0.4 is 42.5 Å². The molecule has 0 amide bonds. The molecule has 0 radical (unpaired) electrons. The van der Waals surface area contributed by atoms with Gasteiger partial charge in [-0.25, -0.2) is 0 Å². The number of hydrogen-bond acceptors (Lipinski definition) is 16. The Morgan fingerprint density at radius 1 is 0.262 bits per heavy atom. The van der Waals surface area contributed by atoms with E-state index < -0.39 is 25.2 Å². The molecule has 0 aliphatic rings. The summed E-state index contributed by atoms with van der Waals surface area (Å²) in [6, 6.07) is 4.84. The van der Waals surface area contributed by atoms with E-state index in [9.17, 15) is 0 Å². The van der Waals surface area contributed by atoms with Gasteiger partial charge in [0.1, 0.15) is 0 Å². The monoisotopic (exact) mass is 1200 g/mol. The second kappa shape index (κ2) is 87.6. The van der Waals surface area contributed by atoms with E-state index in [0.29, 0.717) is 48.3 Å². The molecule has 0 saturated carbocycles. The molecule has 0 saturated heterocycles. The van der Waals surface area contributed by atoms with Gasteiger partial charge in [0.05, 0.1) is 0 Å². The number of rotatable bonds is 22. The van der Waals surface area contributed by atoms with Crippen molar-refractivity contribution in [2.75, 3.05) is 52.4 Å². The van der Waals surface area contributed by atoms with Gasteiger partial charge in [0.15, 0.2) is 0 Å². The second-order valence-electron chi connectivity index (χ2n) is 14.7. The molecule has 0 rings (SSSR count). The Balaban J connectivity index is -0.0000000342. The van der Waals surface area contributed by atoms with Gasteiger partial charge in [-0.15, -0.1) is 0 Å². The van der Waals surface area contributed by atoms with E-state index in [4.69, 9.17) is 63.0 Å². The van der Waals surface area contributed by atoms with Crippen LogP contribution in [0.4, 0.5) is 0 Å². The fourth-order valence-electron chi connectivity index (χ4n) is 2.89. The maximum atomic E-state index is 7.69. The molecule has 0 atom stereocenters. The van der Waals surface area contributed by atoms with Crippen molar-refractivity contribution in [3.63, 3.8) is 0 Å². The fraction of sp³-hybridized carbons (Fsp3) is 1.00. The minimum atomic E-state index is -2.04. The zero-order valence-corrected chi connectivity index (χ0v) is 46.1. The summed E-state index contributed by atoms with van der Waals surface area (Å²) in [6.07, 6.45) is -8.15. The van der Waals surface area contributed by atoms with Crippen molar-refractivity contribution in [1.29, 1.82) is 0 Å². The Bertz CT molecular complexity index is 675. The minimum Gasteiger partial charge on any atom is -0.412 e. The summed E-state index contributed by atoms with van der Waals surface area (Å²) < 4.78 is 0. The minimum absolute atomic E-state index is 0. The predicted octanol–water partition coefficient (Wildman–Crippen LogP) is -0.784. The molecule has 0 unspecified atom stereocenters. The first-order chi connectivity index (χ1) is 26.6. The molecule has 0 heterocycles. The normalized spacial score (nSPS) is 9.29. The van der Waals surface area contributed by atoms with E-state index in [2.05, 4.69) is 153 Å². The Labute approximate surface area is 445 Å². The van der Waals surface area contributed by atoms with Crippen LogP contribution >= 0.6 is 0 Å². The van der Waals surface area contributed by atoms with Crippen molar-refractivity contribution < 1.29 is 137 Å². The van der Waals surface area contributed by atoms with Crippen LogP contribution in [0.25, 0.3) is 31.9 Å². The summed E-state index contributed by atoms with van der Waals surface area (Å²) in [7, 11) is 0. The Morgan fingerprint density at radius 3 is 0.354 bits per heavy atom. The number of hydrogen-bond donors (Lipinski definition) is 16. The zero-order chi connectivity index (χ0) is 47.7. The van der Waals surface area contributed by atoms with Crippen LogP contribution in [0.5, 0.6) is 0 Å². The quantitative estimate of drug-likeness (QED) is 0.0158. The van der Waals surface area contributed by atoms with Gasteiger partial charge in [-0.1, -0.05) is 111 Å². The SMILES string of the molecule is CC(C)NCCNC(C)C.CC(C)NCCNC(C)C.CC(C)NCCNC(C)C.CC(C)NCCNC(C)C.O.O.OC(O)C(O)O.OC(O)C(O)O.[Cu+].[Cu+].[Cu+].[Cu+].[Cu+].[N-]=[N+]=[N-].[N-]=[N+]=[N-]. The Kier molecular flexibility index (Phi) is 144. The average Bonchev–Trinajstić information content (AvgIpc) is 3.07. The van der Waals surface area contributed by atoms with Crippen LogP contribution in [0.1, 0.15) is 111 Å². The third-order valence-corrected chi connectivity index (χ3v) is 5.45. The van der Waals surface area contributed by atoms with Crippen molar-refractivity contribution in [1.82, 2.24) is 42.5 Å². The summed E-state index contributed by atoms with van der Waals surface area (Å²) in [5.74, 6) is 0. The zero-order valence-electron chi connectivity index (χ0n) is 41.4. The molecule has 24 nitrogen and oxygen atoms in total. The van der Waals surface area contributed by atoms with E-state index >= 15 is 0 Å². The van der Waals surface area contributed by atoms with Gasteiger partial charge in [-0.2, -0.15) is 0 Å². The van der Waals surface area contributed by atoms with E-state index in [0.717, 1.165) is 52.4 Å². The maximum absolute atomic E-state index is 7.69. The number of nitrogens with one attached hydrogen (secondary N) is 8. The number of aliphatic hydroxyl groups excluding tert-OH is 4. The van der Waals surface area contributed by atoms with Gasteiger partial charge in [-0.05, 0) is 0 Å². The molecule has 0 fully saturated rings. The molecule has 0 spiro atoms. The summed E-state index contributed by atoms with van der Waals surface area (Å²) in [5, 5.41) is 88.2. The van der Waals surface area contributed by atoms with Crippen LogP contribution in [0.2, 0.25) is 0 Å². The molecule has 0 aromatic carbocycles. The van der Waals surface area contributed by atoms with Crippen molar-refractivity contribution in [2.24, 2.45) is 0 Å². The van der Waals surface area contributed by atoms with Gasteiger partial charge in [-0.3, -0.25) is 9.82 Å². The summed E-state index contributed by atoms with van der Waals surface area (Å²) >= 11 is 0. The third-order valence-electron chi connectivity index (χ3n) is 5.45. The van der Waals surface area contributed by atoms with E-state index in [1.165, 1.54) is 9.82 Å². The molecule has 20 N–H and O–H groups in total. The molecule has 422 valence electrons. The molecule has 0 aromatic heterocycles. The number of nitrogens with zero attached hydrogens (tertiary/aromatic N) is 6. The van der Waals surface area contributed by atoms with Crippen LogP contribution in [0, 0.1) is 0 Å². The second-order valence-corrected chi connectivity index (χ2v) is 14.7. The van der Waals surface area contributed by atoms with E-state index in [-0.39, 0.29) is 96.3 Å². The third kappa shape index (κ3) is 189. The first-order valence-electron chi connectivity index (χ1n) is 19.9. The average molecular weight is 1200 g/mol. The van der Waals surface area contributed by atoms with Gasteiger partial charge in [0, 0.05) is 101 Å². The van der Waals surface area contributed by atoms with Crippen molar-refractivity contribution >= 4 is 0 Å². The van der Waals surface area contributed by atoms with Gasteiger partial charge in [0.2, 0.25) is 25.2 Å². The molecule has 0 aromatic rings. The van der Waals surface area contributed by atoms with Gasteiger partial charge < -0.3 is 116 Å². The largest absolute Gasteiger partial charge is 1.00 e. The maximum Gasteiger partial charge on any atom is 1.00 e. The summed E-state index contributed by atoms with van der Waals surface area (Å²) in [4.78, 5) is 3.00. The van der Waals surface area contributed by atoms with Gasteiger partial charge in [0.25, 0.3) is 0 Å². The van der Waals surface area contributed by atoms with Crippen molar-refractivity contribution in [2.45, 2.75) is 184 Å². The van der Waals surface area contributed by atoms with Crippen LogP contribution in [0.15, 0.2) is 0 Å². The molecule has 29 heteroatoms. The molecular weight excluding hydrogens is 1110 g/mol. The molecule has 0 aliphatic heterocycles. The predicted molar refractivity (Wildman–Crippen MR) is 245 cm³/mol. The Hall–Kier alpha value is 0.497. The Morgan fingerprint density at radius 2 is 0.323 bits per heavy atom. The van der Waals surface area contributed by atoms with Crippen LogP contribution in [-0.4, -0.2) is 178 Å². The van der Waals surface area contributed by atoms with Crippen molar-refractivity contribution in [3.8, 4) is 0 Å². The topological polar surface area (TPSA) is 438 Å².